The highest BCUT2D eigenvalue weighted by Crippen LogP contribution is 2.53. The van der Waals surface area contributed by atoms with E-state index in [-0.39, 0.29) is 28.4 Å². The van der Waals surface area contributed by atoms with Crippen LogP contribution in [-0.2, 0) is 5.41 Å². The zero-order valence-electron chi connectivity index (χ0n) is 12.8. The van der Waals surface area contributed by atoms with Crippen LogP contribution in [-0.4, -0.2) is 11.2 Å². The summed E-state index contributed by atoms with van der Waals surface area (Å²) < 4.78 is 56.8. The lowest BCUT2D eigenvalue weighted by molar-refractivity contribution is -0.161. The minimum Gasteiger partial charge on any atom is -0.350 e. The topological polar surface area (TPSA) is 44.9 Å². The van der Waals surface area contributed by atoms with Gasteiger partial charge >= 0.3 is 6.18 Å². The standard InChI is InChI=1S/C18H12F4N2O/c19-11-3-4-14-13(9-11)17(18(20,21)22,7-5-10-1-2-10)12-6-8-23-16(25)15(12)24-14/h3-4,6,8-10,24H,1-2H2,(H,23,25). The molecule has 2 heterocycles. The minimum atomic E-state index is -4.83. The van der Waals surface area contributed by atoms with Crippen LogP contribution in [0.15, 0.2) is 35.3 Å². The van der Waals surface area contributed by atoms with Crippen molar-refractivity contribution in [1.29, 1.82) is 0 Å². The first-order chi connectivity index (χ1) is 11.8. The molecule has 1 aliphatic carbocycles. The summed E-state index contributed by atoms with van der Waals surface area (Å²) in [7, 11) is 0. The van der Waals surface area contributed by atoms with E-state index in [1.807, 2.05) is 0 Å². The smallest absolute Gasteiger partial charge is 0.350 e. The molecule has 0 saturated heterocycles. The second-order valence-electron chi connectivity index (χ2n) is 6.20. The Balaban J connectivity index is 2.12. The number of anilines is 2. The first-order valence-electron chi connectivity index (χ1n) is 7.71. The number of pyridine rings is 1. The Morgan fingerprint density at radius 1 is 1.16 bits per heavy atom. The highest BCUT2D eigenvalue weighted by Gasteiger charge is 2.60. The minimum absolute atomic E-state index is 0.0213. The molecule has 1 atom stereocenters. The Hall–Kier alpha value is -2.75. The number of hydrogen-bond acceptors (Lipinski definition) is 2. The van der Waals surface area contributed by atoms with Gasteiger partial charge in [-0.25, -0.2) is 4.39 Å². The maximum Gasteiger partial charge on any atom is 0.413 e. The molecule has 2 aliphatic rings. The summed E-state index contributed by atoms with van der Waals surface area (Å²) >= 11 is 0. The number of benzene rings is 1. The Morgan fingerprint density at radius 2 is 1.92 bits per heavy atom. The van der Waals surface area contributed by atoms with Gasteiger partial charge < -0.3 is 10.3 Å². The molecule has 1 unspecified atom stereocenters. The van der Waals surface area contributed by atoms with Crippen molar-refractivity contribution in [2.75, 3.05) is 5.32 Å². The maximum absolute atomic E-state index is 14.3. The van der Waals surface area contributed by atoms with Gasteiger partial charge in [0.1, 0.15) is 11.5 Å². The average molecular weight is 348 g/mol. The van der Waals surface area contributed by atoms with Crippen molar-refractivity contribution in [3.63, 3.8) is 0 Å². The number of rotatable bonds is 0. The van der Waals surface area contributed by atoms with E-state index < -0.39 is 23.0 Å². The van der Waals surface area contributed by atoms with E-state index in [0.717, 1.165) is 31.2 Å². The van der Waals surface area contributed by atoms with E-state index in [2.05, 4.69) is 22.1 Å². The zero-order chi connectivity index (χ0) is 17.8. The summed E-state index contributed by atoms with van der Waals surface area (Å²) in [5.41, 5.74) is -4.27. The van der Waals surface area contributed by atoms with Crippen LogP contribution in [0, 0.1) is 23.6 Å². The largest absolute Gasteiger partial charge is 0.413 e. The third-order valence-electron chi connectivity index (χ3n) is 4.48. The maximum atomic E-state index is 14.3. The SMILES string of the molecule is O=c1[nH]ccc2c1Nc1ccc(F)cc1C2(C#CC1CC1)C(F)(F)F. The van der Waals surface area contributed by atoms with E-state index in [9.17, 15) is 22.4 Å². The van der Waals surface area contributed by atoms with Gasteiger partial charge in [0.25, 0.3) is 5.56 Å². The normalized spacial score (nSPS) is 21.4. The first-order valence-corrected chi connectivity index (χ1v) is 7.71. The monoisotopic (exact) mass is 348 g/mol. The Morgan fingerprint density at radius 3 is 2.60 bits per heavy atom. The van der Waals surface area contributed by atoms with Crippen molar-refractivity contribution in [3.05, 3.63) is 57.8 Å². The Labute approximate surface area is 140 Å². The summed E-state index contributed by atoms with van der Waals surface area (Å²) in [6.07, 6.45) is -2.19. The summed E-state index contributed by atoms with van der Waals surface area (Å²) in [6, 6.07) is 4.25. The third kappa shape index (κ3) is 2.32. The lowest BCUT2D eigenvalue weighted by Crippen LogP contribution is -2.46. The van der Waals surface area contributed by atoms with Crippen LogP contribution in [0.5, 0.6) is 0 Å². The lowest BCUT2D eigenvalue weighted by Gasteiger charge is -2.38. The summed E-state index contributed by atoms with van der Waals surface area (Å²) in [4.78, 5) is 14.5. The number of aromatic nitrogens is 1. The van der Waals surface area contributed by atoms with Gasteiger partial charge in [-0.1, -0.05) is 11.8 Å². The van der Waals surface area contributed by atoms with Crippen LogP contribution < -0.4 is 10.9 Å². The van der Waals surface area contributed by atoms with Crippen molar-refractivity contribution in [3.8, 4) is 11.8 Å². The van der Waals surface area contributed by atoms with Gasteiger partial charge in [-0.05, 0) is 37.1 Å². The fourth-order valence-electron chi connectivity index (χ4n) is 3.08. The third-order valence-corrected chi connectivity index (χ3v) is 4.48. The molecule has 2 aromatic rings. The number of aromatic amines is 1. The molecule has 1 aliphatic heterocycles. The molecule has 0 bridgehead atoms. The van der Waals surface area contributed by atoms with E-state index in [1.165, 1.54) is 12.1 Å². The fraction of sp³-hybridized carbons (Fsp3) is 0.278. The predicted molar refractivity (Wildman–Crippen MR) is 84.1 cm³/mol. The van der Waals surface area contributed by atoms with Crippen molar-refractivity contribution in [1.82, 2.24) is 4.98 Å². The number of halogens is 4. The summed E-state index contributed by atoms with van der Waals surface area (Å²) in [5.74, 6) is 4.15. The van der Waals surface area contributed by atoms with Gasteiger partial charge in [-0.3, -0.25) is 4.79 Å². The Kier molecular flexibility index (Phi) is 3.23. The number of nitrogens with one attached hydrogen (secondary N) is 2. The molecule has 2 N–H and O–H groups in total. The van der Waals surface area contributed by atoms with Gasteiger partial charge in [0, 0.05) is 28.9 Å². The molecule has 25 heavy (non-hydrogen) atoms. The van der Waals surface area contributed by atoms with Crippen LogP contribution >= 0.6 is 0 Å². The average Bonchev–Trinajstić information content (AvgIpc) is 3.36. The fourth-order valence-corrected chi connectivity index (χ4v) is 3.08. The first kappa shape index (κ1) is 15.8. The predicted octanol–water partition coefficient (Wildman–Crippen LogP) is 3.83. The van der Waals surface area contributed by atoms with Crippen LogP contribution in [0.25, 0.3) is 0 Å². The molecule has 0 radical (unpaired) electrons. The van der Waals surface area contributed by atoms with Gasteiger partial charge in [0.15, 0.2) is 5.41 Å². The molecule has 7 heteroatoms. The quantitative estimate of drug-likeness (QED) is 0.561. The lowest BCUT2D eigenvalue weighted by atomic mass is 9.71. The molecule has 3 nitrogen and oxygen atoms in total. The van der Waals surface area contributed by atoms with Gasteiger partial charge in [0.05, 0.1) is 0 Å². The summed E-state index contributed by atoms with van der Waals surface area (Å²) in [6.45, 7) is 0. The molecule has 1 aromatic heterocycles. The molecule has 0 spiro atoms. The zero-order valence-corrected chi connectivity index (χ0v) is 12.8. The van der Waals surface area contributed by atoms with Crippen LogP contribution in [0.2, 0.25) is 0 Å². The number of fused-ring (bicyclic) bond motifs is 2. The molecular weight excluding hydrogens is 336 g/mol. The highest BCUT2D eigenvalue weighted by molar-refractivity contribution is 5.78. The van der Waals surface area contributed by atoms with E-state index in [1.54, 1.807) is 0 Å². The van der Waals surface area contributed by atoms with Crippen molar-refractivity contribution < 1.29 is 17.6 Å². The number of hydrogen-bond donors (Lipinski definition) is 2. The molecule has 1 aromatic carbocycles. The molecule has 128 valence electrons. The van der Waals surface area contributed by atoms with Crippen LogP contribution in [0.1, 0.15) is 24.0 Å². The van der Waals surface area contributed by atoms with Gasteiger partial charge in [0.2, 0.25) is 0 Å². The summed E-state index contributed by atoms with van der Waals surface area (Å²) in [5, 5.41) is 2.69. The van der Waals surface area contributed by atoms with Crippen molar-refractivity contribution in [2.45, 2.75) is 24.4 Å². The molecule has 1 saturated carbocycles. The van der Waals surface area contributed by atoms with E-state index in [0.29, 0.717) is 0 Å². The van der Waals surface area contributed by atoms with E-state index in [4.69, 9.17) is 0 Å². The Bertz CT molecular complexity index is 979. The second-order valence-corrected chi connectivity index (χ2v) is 6.20. The van der Waals surface area contributed by atoms with Crippen molar-refractivity contribution >= 4 is 11.4 Å². The van der Waals surface area contributed by atoms with Crippen LogP contribution in [0.4, 0.5) is 28.9 Å². The van der Waals surface area contributed by atoms with Crippen molar-refractivity contribution in [2.24, 2.45) is 5.92 Å². The molecule has 1 fully saturated rings. The molecule has 4 rings (SSSR count). The van der Waals surface area contributed by atoms with Crippen LogP contribution in [0.3, 0.4) is 0 Å². The van der Waals surface area contributed by atoms with E-state index >= 15 is 0 Å². The van der Waals surface area contributed by atoms with Gasteiger partial charge in [-0.2, -0.15) is 13.2 Å². The number of alkyl halides is 3. The van der Waals surface area contributed by atoms with Gasteiger partial charge in [-0.15, -0.1) is 0 Å². The highest BCUT2D eigenvalue weighted by atomic mass is 19.4. The second kappa shape index (κ2) is 5.12. The number of H-pyrrole nitrogens is 1. The molecular formula is C18H12F4N2O. The molecule has 0 amide bonds.